The molecule has 1 aromatic heterocycles. The number of aromatic nitrogens is 1. The van der Waals surface area contributed by atoms with Gasteiger partial charge in [-0.3, -0.25) is 14.5 Å². The first-order chi connectivity index (χ1) is 16.8. The number of halogens is 1. The van der Waals surface area contributed by atoms with Crippen molar-refractivity contribution in [3.05, 3.63) is 99.1 Å². The number of aliphatic hydroxyl groups excluding tert-OH is 1. The lowest BCUT2D eigenvalue weighted by molar-refractivity contribution is -0.132. The largest absolute Gasteiger partial charge is 0.507 e. The standard InChI is InChI=1S/C28H23ClN2O3S/c1-4-17-5-7-18(8-6-17)24-22(25(32)19-9-11-20(29)12-10-19)26(33)27(34)31(24)28-30-23-16(3)13-15(2)14-21(23)35-28/h5-14,24,32H,4H2,1-3H3. The highest BCUT2D eigenvalue weighted by Crippen LogP contribution is 2.44. The van der Waals surface area contributed by atoms with Gasteiger partial charge < -0.3 is 5.11 Å². The van der Waals surface area contributed by atoms with Crippen molar-refractivity contribution in [1.82, 2.24) is 4.98 Å². The summed E-state index contributed by atoms with van der Waals surface area (Å²) in [4.78, 5) is 33.0. The van der Waals surface area contributed by atoms with Gasteiger partial charge in [-0.1, -0.05) is 60.2 Å². The second kappa shape index (κ2) is 8.95. The van der Waals surface area contributed by atoms with E-state index >= 15 is 0 Å². The summed E-state index contributed by atoms with van der Waals surface area (Å²) in [6.07, 6.45) is 0.863. The number of carbonyl (C=O) groups excluding carboxylic acids is 2. The monoisotopic (exact) mass is 502 g/mol. The Morgan fingerprint density at radius 3 is 2.40 bits per heavy atom. The lowest BCUT2D eigenvalue weighted by atomic mass is 9.94. The average Bonchev–Trinajstić information content (AvgIpc) is 3.38. The summed E-state index contributed by atoms with van der Waals surface area (Å²) < 4.78 is 0.942. The minimum Gasteiger partial charge on any atom is -0.507 e. The number of thiazole rings is 1. The van der Waals surface area contributed by atoms with Gasteiger partial charge in [0.05, 0.1) is 21.8 Å². The Bertz CT molecular complexity index is 1500. The molecular formula is C28H23ClN2O3S. The van der Waals surface area contributed by atoms with Gasteiger partial charge in [0.25, 0.3) is 5.78 Å². The lowest BCUT2D eigenvalue weighted by Crippen LogP contribution is -2.29. The first-order valence-electron chi connectivity index (χ1n) is 11.3. The van der Waals surface area contributed by atoms with E-state index in [1.807, 2.05) is 50.2 Å². The Hall–Kier alpha value is -3.48. The van der Waals surface area contributed by atoms with Gasteiger partial charge in [-0.05, 0) is 72.9 Å². The molecule has 35 heavy (non-hydrogen) atoms. The van der Waals surface area contributed by atoms with Crippen molar-refractivity contribution in [2.45, 2.75) is 33.2 Å². The molecule has 1 amide bonds. The van der Waals surface area contributed by atoms with Crippen molar-refractivity contribution >= 4 is 55.7 Å². The van der Waals surface area contributed by atoms with Crippen LogP contribution in [-0.4, -0.2) is 21.8 Å². The molecule has 5 nitrogen and oxygen atoms in total. The normalized spacial score (nSPS) is 17.5. The van der Waals surface area contributed by atoms with Gasteiger partial charge in [-0.25, -0.2) is 4.98 Å². The number of hydrogen-bond donors (Lipinski definition) is 1. The van der Waals surface area contributed by atoms with E-state index in [0.29, 0.717) is 15.7 Å². The molecule has 1 atom stereocenters. The predicted octanol–water partition coefficient (Wildman–Crippen LogP) is 6.76. The van der Waals surface area contributed by atoms with Crippen molar-refractivity contribution in [3.8, 4) is 0 Å². The Labute approximate surface area is 212 Å². The highest BCUT2D eigenvalue weighted by atomic mass is 35.5. The molecule has 0 saturated carbocycles. The minimum atomic E-state index is -0.807. The molecule has 0 bridgehead atoms. The Morgan fingerprint density at radius 1 is 1.06 bits per heavy atom. The van der Waals surface area contributed by atoms with Gasteiger partial charge in [0.1, 0.15) is 5.76 Å². The fourth-order valence-electron chi connectivity index (χ4n) is 4.51. The van der Waals surface area contributed by atoms with Gasteiger partial charge in [0, 0.05) is 10.6 Å². The van der Waals surface area contributed by atoms with Crippen LogP contribution in [-0.2, 0) is 16.0 Å². The van der Waals surface area contributed by atoms with Crippen LogP contribution in [0, 0.1) is 13.8 Å². The van der Waals surface area contributed by atoms with Crippen LogP contribution < -0.4 is 4.90 Å². The zero-order valence-corrected chi connectivity index (χ0v) is 21.1. The maximum absolute atomic E-state index is 13.4. The van der Waals surface area contributed by atoms with Crippen molar-refractivity contribution in [1.29, 1.82) is 0 Å². The molecule has 1 N–H and O–H groups in total. The molecule has 2 heterocycles. The van der Waals surface area contributed by atoms with E-state index in [1.165, 1.54) is 16.2 Å². The summed E-state index contributed by atoms with van der Waals surface area (Å²) in [7, 11) is 0. The Morgan fingerprint density at radius 2 is 1.74 bits per heavy atom. The Balaban J connectivity index is 1.73. The highest BCUT2D eigenvalue weighted by Gasteiger charge is 2.48. The van der Waals surface area contributed by atoms with E-state index in [1.54, 1.807) is 24.3 Å². The molecule has 1 aliphatic heterocycles. The Kier molecular flexibility index (Phi) is 5.95. The number of Topliss-reactive ketones (excluding diaryl/α,β-unsaturated/α-hetero) is 1. The number of ketones is 1. The number of carbonyl (C=O) groups is 2. The number of nitrogens with zero attached hydrogens (tertiary/aromatic N) is 2. The molecule has 3 aromatic carbocycles. The highest BCUT2D eigenvalue weighted by molar-refractivity contribution is 7.22. The van der Waals surface area contributed by atoms with Crippen molar-refractivity contribution < 1.29 is 14.7 Å². The first-order valence-corrected chi connectivity index (χ1v) is 12.5. The van der Waals surface area contributed by atoms with Crippen LogP contribution in [0.25, 0.3) is 16.0 Å². The second-order valence-electron chi connectivity index (χ2n) is 8.70. The minimum absolute atomic E-state index is 0.0359. The van der Waals surface area contributed by atoms with Gasteiger partial charge in [0.15, 0.2) is 5.13 Å². The van der Waals surface area contributed by atoms with Gasteiger partial charge in [-0.2, -0.15) is 0 Å². The van der Waals surface area contributed by atoms with E-state index in [0.717, 1.165) is 38.9 Å². The van der Waals surface area contributed by atoms with Crippen LogP contribution >= 0.6 is 22.9 Å². The van der Waals surface area contributed by atoms with Gasteiger partial charge in [0.2, 0.25) is 0 Å². The third-order valence-electron chi connectivity index (χ3n) is 6.29. The summed E-state index contributed by atoms with van der Waals surface area (Å²) in [5, 5.41) is 12.2. The molecule has 1 unspecified atom stereocenters. The summed E-state index contributed by atoms with van der Waals surface area (Å²) in [5.41, 5.74) is 5.21. The third kappa shape index (κ3) is 4.03. The van der Waals surface area contributed by atoms with Crippen LogP contribution in [0.5, 0.6) is 0 Å². The number of aliphatic hydroxyl groups is 1. The number of hydrogen-bond acceptors (Lipinski definition) is 5. The smallest absolute Gasteiger partial charge is 0.301 e. The average molecular weight is 503 g/mol. The van der Waals surface area contributed by atoms with Gasteiger partial charge in [-0.15, -0.1) is 0 Å². The number of anilines is 1. The third-order valence-corrected chi connectivity index (χ3v) is 7.54. The number of aryl methyl sites for hydroxylation is 3. The summed E-state index contributed by atoms with van der Waals surface area (Å²) in [6, 6.07) is 17.6. The van der Waals surface area contributed by atoms with E-state index in [-0.39, 0.29) is 11.3 Å². The molecular weight excluding hydrogens is 480 g/mol. The maximum Gasteiger partial charge on any atom is 0.301 e. The predicted molar refractivity (Wildman–Crippen MR) is 141 cm³/mol. The van der Waals surface area contributed by atoms with E-state index in [9.17, 15) is 14.7 Å². The van der Waals surface area contributed by atoms with Crippen LogP contribution in [0.4, 0.5) is 5.13 Å². The number of fused-ring (bicyclic) bond motifs is 1. The summed E-state index contributed by atoms with van der Waals surface area (Å²) in [6.45, 7) is 6.06. The quantitative estimate of drug-likeness (QED) is 0.190. The molecule has 176 valence electrons. The summed E-state index contributed by atoms with van der Waals surface area (Å²) in [5.74, 6) is -1.69. The van der Waals surface area contributed by atoms with Crippen molar-refractivity contribution in [2.24, 2.45) is 0 Å². The molecule has 0 radical (unpaired) electrons. The lowest BCUT2D eigenvalue weighted by Gasteiger charge is -2.23. The van der Waals surface area contributed by atoms with Crippen molar-refractivity contribution in [2.75, 3.05) is 4.90 Å². The number of benzene rings is 3. The fourth-order valence-corrected chi connectivity index (χ4v) is 5.80. The van der Waals surface area contributed by atoms with Crippen molar-refractivity contribution in [3.63, 3.8) is 0 Å². The molecule has 4 aromatic rings. The zero-order chi connectivity index (χ0) is 24.9. The van der Waals surface area contributed by atoms with Crippen LogP contribution in [0.2, 0.25) is 5.02 Å². The fraction of sp³-hybridized carbons (Fsp3) is 0.179. The van der Waals surface area contributed by atoms with Crippen LogP contribution in [0.3, 0.4) is 0 Å². The van der Waals surface area contributed by atoms with Crippen LogP contribution in [0.1, 0.15) is 40.8 Å². The summed E-state index contributed by atoms with van der Waals surface area (Å²) >= 11 is 7.38. The first kappa shape index (κ1) is 23.3. The van der Waals surface area contributed by atoms with E-state index in [2.05, 4.69) is 6.92 Å². The van der Waals surface area contributed by atoms with Gasteiger partial charge >= 0.3 is 5.91 Å². The maximum atomic E-state index is 13.4. The second-order valence-corrected chi connectivity index (χ2v) is 10.1. The molecule has 7 heteroatoms. The molecule has 0 aliphatic carbocycles. The topological polar surface area (TPSA) is 70.5 Å². The molecule has 1 aliphatic rings. The molecule has 5 rings (SSSR count). The van der Waals surface area contributed by atoms with E-state index < -0.39 is 17.7 Å². The van der Waals surface area contributed by atoms with E-state index in [4.69, 9.17) is 16.6 Å². The molecule has 1 fully saturated rings. The zero-order valence-electron chi connectivity index (χ0n) is 19.5. The SMILES string of the molecule is CCc1ccc(C2C(=C(O)c3ccc(Cl)cc3)C(=O)C(=O)N2c2nc3c(C)cc(C)cc3s2)cc1. The number of amides is 1. The number of rotatable bonds is 4. The molecule has 1 saturated heterocycles. The molecule has 0 spiro atoms. The van der Waals surface area contributed by atoms with Crippen LogP contribution in [0.15, 0.2) is 66.2 Å².